The van der Waals surface area contributed by atoms with Crippen molar-refractivity contribution in [3.05, 3.63) is 28.3 Å². The Morgan fingerprint density at radius 3 is 2.76 bits per heavy atom. The largest absolute Gasteiger partial charge is 0.389 e. The van der Waals surface area contributed by atoms with Gasteiger partial charge >= 0.3 is 0 Å². The van der Waals surface area contributed by atoms with E-state index in [9.17, 15) is 5.11 Å². The van der Waals surface area contributed by atoms with Crippen molar-refractivity contribution in [2.24, 2.45) is 0 Å². The minimum Gasteiger partial charge on any atom is -0.389 e. The fourth-order valence-electron chi connectivity index (χ4n) is 2.70. The van der Waals surface area contributed by atoms with Gasteiger partial charge in [0.05, 0.1) is 16.8 Å². The molecule has 2 aliphatic heterocycles. The van der Waals surface area contributed by atoms with Crippen molar-refractivity contribution in [1.29, 1.82) is 0 Å². The second kappa shape index (κ2) is 4.48. The molecule has 2 aliphatic rings. The first-order valence-electron chi connectivity index (χ1n) is 6.19. The second-order valence-corrected chi connectivity index (χ2v) is 5.25. The average molecular weight is 253 g/mol. The molecule has 0 aliphatic carbocycles. The van der Waals surface area contributed by atoms with Crippen molar-refractivity contribution >= 4 is 17.3 Å². The lowest BCUT2D eigenvalue weighted by atomic mass is 9.98. The lowest BCUT2D eigenvalue weighted by molar-refractivity contribution is 0.142. The quantitative estimate of drug-likeness (QED) is 0.789. The molecule has 1 saturated heterocycles. The Hall–Kier alpha value is -0.770. The maximum absolute atomic E-state index is 9.43. The first kappa shape index (κ1) is 11.3. The Bertz CT molecular complexity index is 430. The first-order chi connectivity index (χ1) is 8.25. The Kier molecular flexibility index (Phi) is 2.99. The average Bonchev–Trinajstić information content (AvgIpc) is 2.51. The SMILES string of the molecule is OC1CN(c2c(Cl)ccc3c2CCNCC3)C1. The summed E-state index contributed by atoms with van der Waals surface area (Å²) in [5.41, 5.74) is 3.92. The topological polar surface area (TPSA) is 35.5 Å². The minimum absolute atomic E-state index is 0.189. The number of anilines is 1. The third-order valence-electron chi connectivity index (χ3n) is 3.63. The summed E-state index contributed by atoms with van der Waals surface area (Å²) in [7, 11) is 0. The molecule has 3 nitrogen and oxygen atoms in total. The molecule has 0 bridgehead atoms. The van der Waals surface area contributed by atoms with E-state index in [-0.39, 0.29) is 6.10 Å². The van der Waals surface area contributed by atoms with Crippen LogP contribution in [0, 0.1) is 0 Å². The summed E-state index contributed by atoms with van der Waals surface area (Å²) >= 11 is 6.33. The molecule has 92 valence electrons. The maximum Gasteiger partial charge on any atom is 0.0889 e. The minimum atomic E-state index is -0.189. The zero-order valence-corrected chi connectivity index (χ0v) is 10.5. The summed E-state index contributed by atoms with van der Waals surface area (Å²) in [5.74, 6) is 0. The second-order valence-electron chi connectivity index (χ2n) is 4.84. The highest BCUT2D eigenvalue weighted by Gasteiger charge is 2.29. The molecule has 0 aromatic heterocycles. The molecule has 1 fully saturated rings. The van der Waals surface area contributed by atoms with E-state index in [1.54, 1.807) is 0 Å². The molecular formula is C13H17ClN2O. The number of β-amino-alcohol motifs (C(OH)–C–C–N with tert-alkyl or cyclic N) is 1. The van der Waals surface area contributed by atoms with Gasteiger partial charge in [0.1, 0.15) is 0 Å². The van der Waals surface area contributed by atoms with Gasteiger partial charge in [-0.05, 0) is 43.1 Å². The fraction of sp³-hybridized carbons (Fsp3) is 0.538. The molecule has 0 amide bonds. The molecule has 1 aromatic rings. The van der Waals surface area contributed by atoms with Crippen molar-refractivity contribution in [3.8, 4) is 0 Å². The van der Waals surface area contributed by atoms with Crippen molar-refractivity contribution < 1.29 is 5.11 Å². The number of nitrogens with one attached hydrogen (secondary N) is 1. The lowest BCUT2D eigenvalue weighted by Crippen LogP contribution is -2.51. The van der Waals surface area contributed by atoms with E-state index in [2.05, 4.69) is 16.3 Å². The van der Waals surface area contributed by atoms with E-state index in [1.807, 2.05) is 6.07 Å². The smallest absolute Gasteiger partial charge is 0.0889 e. The number of benzene rings is 1. The van der Waals surface area contributed by atoms with E-state index in [0.717, 1.165) is 36.6 Å². The van der Waals surface area contributed by atoms with Gasteiger partial charge in [-0.2, -0.15) is 0 Å². The van der Waals surface area contributed by atoms with Crippen LogP contribution in [0.1, 0.15) is 11.1 Å². The highest BCUT2D eigenvalue weighted by Crippen LogP contribution is 2.36. The van der Waals surface area contributed by atoms with Gasteiger partial charge in [0, 0.05) is 13.1 Å². The van der Waals surface area contributed by atoms with Gasteiger partial charge in [0.2, 0.25) is 0 Å². The van der Waals surface area contributed by atoms with Crippen LogP contribution >= 0.6 is 11.6 Å². The Morgan fingerprint density at radius 2 is 2.00 bits per heavy atom. The number of aliphatic hydroxyl groups excluding tert-OH is 1. The van der Waals surface area contributed by atoms with E-state index >= 15 is 0 Å². The third-order valence-corrected chi connectivity index (χ3v) is 3.94. The summed E-state index contributed by atoms with van der Waals surface area (Å²) in [6.07, 6.45) is 1.90. The summed E-state index contributed by atoms with van der Waals surface area (Å²) in [6, 6.07) is 4.14. The number of rotatable bonds is 1. The highest BCUT2D eigenvalue weighted by molar-refractivity contribution is 6.33. The summed E-state index contributed by atoms with van der Waals surface area (Å²) in [5, 5.41) is 13.7. The molecule has 0 spiro atoms. The molecular weight excluding hydrogens is 236 g/mol. The van der Waals surface area contributed by atoms with Crippen LogP contribution in [0.15, 0.2) is 12.1 Å². The van der Waals surface area contributed by atoms with Crippen LogP contribution in [0.2, 0.25) is 5.02 Å². The predicted octanol–water partition coefficient (Wildman–Crippen LogP) is 1.21. The van der Waals surface area contributed by atoms with Gasteiger partial charge in [-0.25, -0.2) is 0 Å². The van der Waals surface area contributed by atoms with Crippen molar-refractivity contribution in [1.82, 2.24) is 5.32 Å². The Labute approximate surface area is 106 Å². The Balaban J connectivity index is 2.00. The molecule has 2 N–H and O–H groups in total. The molecule has 1 aromatic carbocycles. The lowest BCUT2D eigenvalue weighted by Gasteiger charge is -2.40. The molecule has 4 heteroatoms. The van der Waals surface area contributed by atoms with Crippen LogP contribution < -0.4 is 10.2 Å². The number of hydrogen-bond acceptors (Lipinski definition) is 3. The molecule has 17 heavy (non-hydrogen) atoms. The number of fused-ring (bicyclic) bond motifs is 1. The van der Waals surface area contributed by atoms with Crippen LogP contribution in [0.4, 0.5) is 5.69 Å². The number of nitrogens with zero attached hydrogens (tertiary/aromatic N) is 1. The molecule has 3 rings (SSSR count). The zero-order chi connectivity index (χ0) is 11.8. The monoisotopic (exact) mass is 252 g/mol. The fourth-order valence-corrected chi connectivity index (χ4v) is 3.00. The van der Waals surface area contributed by atoms with Gasteiger partial charge in [0.15, 0.2) is 0 Å². The van der Waals surface area contributed by atoms with Gasteiger partial charge in [0.25, 0.3) is 0 Å². The number of aliphatic hydroxyl groups is 1. The standard InChI is InChI=1S/C13H17ClN2O/c14-12-2-1-9-3-5-15-6-4-11(9)13(12)16-7-10(17)8-16/h1-2,10,15,17H,3-8H2. The number of hydrogen-bond donors (Lipinski definition) is 2. The highest BCUT2D eigenvalue weighted by atomic mass is 35.5. The van der Waals surface area contributed by atoms with Crippen molar-refractivity contribution in [3.63, 3.8) is 0 Å². The molecule has 2 heterocycles. The molecule has 0 radical (unpaired) electrons. The predicted molar refractivity (Wildman–Crippen MR) is 69.9 cm³/mol. The zero-order valence-electron chi connectivity index (χ0n) is 9.75. The summed E-state index contributed by atoms with van der Waals surface area (Å²) in [6.45, 7) is 3.47. The normalized spacial score (nSPS) is 20.7. The van der Waals surface area contributed by atoms with Gasteiger partial charge < -0.3 is 15.3 Å². The van der Waals surface area contributed by atoms with E-state index < -0.39 is 0 Å². The van der Waals surface area contributed by atoms with Crippen LogP contribution in [0.3, 0.4) is 0 Å². The van der Waals surface area contributed by atoms with Crippen LogP contribution in [-0.4, -0.2) is 37.4 Å². The summed E-state index contributed by atoms with van der Waals surface area (Å²) < 4.78 is 0. The maximum atomic E-state index is 9.43. The number of halogens is 1. The van der Waals surface area contributed by atoms with Crippen LogP contribution in [-0.2, 0) is 12.8 Å². The third kappa shape index (κ3) is 2.03. The van der Waals surface area contributed by atoms with Crippen LogP contribution in [0.25, 0.3) is 0 Å². The van der Waals surface area contributed by atoms with Crippen molar-refractivity contribution in [2.75, 3.05) is 31.1 Å². The van der Waals surface area contributed by atoms with E-state index in [4.69, 9.17) is 11.6 Å². The Morgan fingerprint density at radius 1 is 1.24 bits per heavy atom. The van der Waals surface area contributed by atoms with Crippen LogP contribution in [0.5, 0.6) is 0 Å². The molecule has 0 atom stereocenters. The summed E-state index contributed by atoms with van der Waals surface area (Å²) in [4.78, 5) is 2.19. The van der Waals surface area contributed by atoms with Gasteiger partial charge in [-0.15, -0.1) is 0 Å². The molecule has 0 unspecified atom stereocenters. The van der Waals surface area contributed by atoms with E-state index in [1.165, 1.54) is 11.1 Å². The van der Waals surface area contributed by atoms with Gasteiger partial charge in [-0.1, -0.05) is 17.7 Å². The van der Waals surface area contributed by atoms with Crippen molar-refractivity contribution in [2.45, 2.75) is 18.9 Å². The molecule has 0 saturated carbocycles. The van der Waals surface area contributed by atoms with Gasteiger partial charge in [-0.3, -0.25) is 0 Å². The van der Waals surface area contributed by atoms with E-state index in [0.29, 0.717) is 13.1 Å². The first-order valence-corrected chi connectivity index (χ1v) is 6.57.